The highest BCUT2D eigenvalue weighted by atomic mass is 19.3. The van der Waals surface area contributed by atoms with Gasteiger partial charge in [0.15, 0.2) is 0 Å². The van der Waals surface area contributed by atoms with Gasteiger partial charge in [-0.25, -0.2) is 9.48 Å². The standard InChI is InChI=1S/C20H23F2N5O3/c1-20(2,3)29-19(28)26-8-6-12(7-9-26)17-23-16(25-30-17)13-4-5-14-11-27(18(21)22)24-15(14)10-13/h4-5,10-12,18H,6-9H2,1-3H3. The zero-order chi connectivity index (χ0) is 21.5. The predicted molar refractivity (Wildman–Crippen MR) is 104 cm³/mol. The Morgan fingerprint density at radius 1 is 1.27 bits per heavy atom. The summed E-state index contributed by atoms with van der Waals surface area (Å²) < 4.78 is 37.1. The second kappa shape index (κ2) is 7.66. The maximum Gasteiger partial charge on any atom is 0.410 e. The lowest BCUT2D eigenvalue weighted by Gasteiger charge is -2.32. The fourth-order valence-electron chi connectivity index (χ4n) is 3.43. The third kappa shape index (κ3) is 4.27. The number of rotatable bonds is 3. The lowest BCUT2D eigenvalue weighted by atomic mass is 9.97. The molecule has 10 heteroatoms. The fraction of sp³-hybridized carbons (Fsp3) is 0.500. The minimum absolute atomic E-state index is 0.0479. The summed E-state index contributed by atoms with van der Waals surface area (Å²) in [4.78, 5) is 18.4. The molecule has 1 aliphatic rings. The van der Waals surface area contributed by atoms with Gasteiger partial charge in [-0.3, -0.25) is 0 Å². The highest BCUT2D eigenvalue weighted by Gasteiger charge is 2.30. The number of benzene rings is 1. The van der Waals surface area contributed by atoms with E-state index in [9.17, 15) is 13.6 Å². The van der Waals surface area contributed by atoms with Crippen LogP contribution in [-0.4, -0.2) is 49.6 Å². The zero-order valence-corrected chi connectivity index (χ0v) is 17.0. The number of piperidine rings is 1. The molecule has 0 saturated carbocycles. The maximum absolute atomic E-state index is 12.8. The van der Waals surface area contributed by atoms with E-state index in [2.05, 4.69) is 15.2 Å². The Labute approximate surface area is 171 Å². The topological polar surface area (TPSA) is 86.3 Å². The quantitative estimate of drug-likeness (QED) is 0.617. The van der Waals surface area contributed by atoms with Gasteiger partial charge in [0, 0.05) is 36.2 Å². The minimum atomic E-state index is -2.69. The zero-order valence-electron chi connectivity index (χ0n) is 17.0. The molecule has 1 fully saturated rings. The number of carbonyl (C=O) groups excluding carboxylic acids is 1. The van der Waals surface area contributed by atoms with Crippen molar-refractivity contribution in [2.75, 3.05) is 13.1 Å². The molecular weight excluding hydrogens is 396 g/mol. The second-order valence-corrected chi connectivity index (χ2v) is 8.36. The molecule has 4 rings (SSSR count). The van der Waals surface area contributed by atoms with Crippen molar-refractivity contribution < 1.29 is 22.8 Å². The van der Waals surface area contributed by atoms with Crippen molar-refractivity contribution in [3.8, 4) is 11.4 Å². The highest BCUT2D eigenvalue weighted by Crippen LogP contribution is 2.30. The number of halogens is 2. The van der Waals surface area contributed by atoms with Gasteiger partial charge in [-0.1, -0.05) is 17.3 Å². The van der Waals surface area contributed by atoms with Crippen LogP contribution in [0.3, 0.4) is 0 Å². The van der Waals surface area contributed by atoms with Gasteiger partial charge in [0.1, 0.15) is 5.60 Å². The van der Waals surface area contributed by atoms with Crippen molar-refractivity contribution in [1.29, 1.82) is 0 Å². The number of amides is 1. The summed E-state index contributed by atoms with van der Waals surface area (Å²) in [5.41, 5.74) is 0.551. The second-order valence-electron chi connectivity index (χ2n) is 8.36. The Morgan fingerprint density at radius 3 is 2.67 bits per heavy atom. The van der Waals surface area contributed by atoms with Gasteiger partial charge < -0.3 is 14.2 Å². The number of hydrogen-bond acceptors (Lipinski definition) is 6. The van der Waals surface area contributed by atoms with Crippen LogP contribution in [0.2, 0.25) is 0 Å². The van der Waals surface area contributed by atoms with E-state index in [0.29, 0.717) is 58.8 Å². The molecule has 0 spiro atoms. The van der Waals surface area contributed by atoms with E-state index < -0.39 is 12.2 Å². The molecular formula is C20H23F2N5O3. The van der Waals surface area contributed by atoms with Crippen LogP contribution in [0.15, 0.2) is 28.9 Å². The van der Waals surface area contributed by atoms with Gasteiger partial charge in [-0.2, -0.15) is 18.9 Å². The van der Waals surface area contributed by atoms with E-state index in [4.69, 9.17) is 9.26 Å². The monoisotopic (exact) mass is 419 g/mol. The Kier molecular flexibility index (Phi) is 5.17. The van der Waals surface area contributed by atoms with Crippen LogP contribution >= 0.6 is 0 Å². The first kappa shape index (κ1) is 20.2. The lowest BCUT2D eigenvalue weighted by molar-refractivity contribution is 0.0198. The van der Waals surface area contributed by atoms with Gasteiger partial charge in [0.25, 0.3) is 0 Å². The molecule has 0 aliphatic carbocycles. The van der Waals surface area contributed by atoms with Crippen LogP contribution < -0.4 is 0 Å². The molecule has 1 amide bonds. The smallest absolute Gasteiger partial charge is 0.410 e. The molecule has 1 aromatic carbocycles. The summed E-state index contributed by atoms with van der Waals surface area (Å²) in [6, 6.07) is 5.11. The molecule has 1 saturated heterocycles. The Hall–Kier alpha value is -3.04. The van der Waals surface area contributed by atoms with Gasteiger partial charge in [-0.15, -0.1) is 0 Å². The lowest BCUT2D eigenvalue weighted by Crippen LogP contribution is -2.41. The number of alkyl halides is 2. The minimum Gasteiger partial charge on any atom is -0.444 e. The third-order valence-corrected chi connectivity index (χ3v) is 4.92. The number of nitrogens with zero attached hydrogens (tertiary/aromatic N) is 5. The van der Waals surface area contributed by atoms with E-state index in [1.165, 1.54) is 6.20 Å². The largest absolute Gasteiger partial charge is 0.444 e. The summed E-state index contributed by atoms with van der Waals surface area (Å²) in [5.74, 6) is 0.937. The van der Waals surface area contributed by atoms with E-state index in [-0.39, 0.29) is 12.0 Å². The molecule has 8 nitrogen and oxygen atoms in total. The molecule has 0 bridgehead atoms. The molecule has 0 N–H and O–H groups in total. The highest BCUT2D eigenvalue weighted by molar-refractivity contribution is 5.82. The van der Waals surface area contributed by atoms with Gasteiger partial charge in [-0.05, 0) is 39.7 Å². The third-order valence-electron chi connectivity index (χ3n) is 4.92. The van der Waals surface area contributed by atoms with Gasteiger partial charge >= 0.3 is 12.6 Å². The van der Waals surface area contributed by atoms with E-state index in [1.54, 1.807) is 23.1 Å². The van der Waals surface area contributed by atoms with Crippen molar-refractivity contribution in [1.82, 2.24) is 24.8 Å². The molecule has 0 unspecified atom stereocenters. The first-order valence-electron chi connectivity index (χ1n) is 9.78. The molecule has 2 aromatic heterocycles. The number of carbonyl (C=O) groups is 1. The Morgan fingerprint density at radius 2 is 2.00 bits per heavy atom. The summed E-state index contributed by atoms with van der Waals surface area (Å²) in [7, 11) is 0. The first-order valence-corrected chi connectivity index (χ1v) is 9.78. The Bertz CT molecular complexity index is 1050. The van der Waals surface area contributed by atoms with Gasteiger partial charge in [0.2, 0.25) is 11.7 Å². The summed E-state index contributed by atoms with van der Waals surface area (Å²) >= 11 is 0. The molecule has 160 valence electrons. The van der Waals surface area contributed by atoms with E-state index >= 15 is 0 Å². The number of aromatic nitrogens is 4. The maximum atomic E-state index is 12.8. The van der Waals surface area contributed by atoms with Crippen LogP contribution in [0.5, 0.6) is 0 Å². The average molecular weight is 419 g/mol. The van der Waals surface area contributed by atoms with Crippen LogP contribution in [0.25, 0.3) is 22.3 Å². The molecule has 30 heavy (non-hydrogen) atoms. The van der Waals surface area contributed by atoms with Crippen molar-refractivity contribution in [3.05, 3.63) is 30.3 Å². The van der Waals surface area contributed by atoms with E-state index in [1.807, 2.05) is 20.8 Å². The van der Waals surface area contributed by atoms with Crippen molar-refractivity contribution in [3.63, 3.8) is 0 Å². The van der Waals surface area contributed by atoms with Crippen LogP contribution in [0.4, 0.5) is 13.6 Å². The molecule has 3 heterocycles. The van der Waals surface area contributed by atoms with E-state index in [0.717, 1.165) is 0 Å². The average Bonchev–Trinajstić information content (AvgIpc) is 3.33. The summed E-state index contributed by atoms with van der Waals surface area (Å²) in [5, 5.41) is 8.52. The number of fused-ring (bicyclic) bond motifs is 1. The van der Waals surface area contributed by atoms with Crippen LogP contribution in [0.1, 0.15) is 52.0 Å². The molecule has 0 radical (unpaired) electrons. The van der Waals surface area contributed by atoms with Crippen LogP contribution in [0, 0.1) is 0 Å². The molecule has 0 atom stereocenters. The SMILES string of the molecule is CC(C)(C)OC(=O)N1CCC(c2nc(-c3ccc4cn(C(F)F)nc4c3)no2)CC1. The molecule has 3 aromatic rings. The first-order chi connectivity index (χ1) is 14.2. The number of likely N-dealkylation sites (tertiary alicyclic amines) is 1. The van der Waals surface area contributed by atoms with Crippen molar-refractivity contribution in [2.45, 2.75) is 51.7 Å². The predicted octanol–water partition coefficient (Wildman–Crippen LogP) is 4.60. The summed E-state index contributed by atoms with van der Waals surface area (Å²) in [6.07, 6.45) is 2.37. The number of ether oxygens (including phenoxy) is 1. The number of hydrogen-bond donors (Lipinski definition) is 0. The van der Waals surface area contributed by atoms with Crippen molar-refractivity contribution >= 4 is 17.0 Å². The summed E-state index contributed by atoms with van der Waals surface area (Å²) in [6.45, 7) is 3.93. The van der Waals surface area contributed by atoms with Crippen molar-refractivity contribution in [2.24, 2.45) is 0 Å². The molecule has 1 aliphatic heterocycles. The van der Waals surface area contributed by atoms with Gasteiger partial charge in [0.05, 0.1) is 5.52 Å². The Balaban J connectivity index is 1.43. The fourth-order valence-corrected chi connectivity index (χ4v) is 3.43. The normalized spacial score (nSPS) is 15.9. The van der Waals surface area contributed by atoms with Crippen LogP contribution in [-0.2, 0) is 4.74 Å².